The minimum absolute atomic E-state index is 0.0578. The number of nitrogens with one attached hydrogen (secondary N) is 1. The Morgan fingerprint density at radius 3 is 2.73 bits per heavy atom. The van der Waals surface area contributed by atoms with Crippen molar-refractivity contribution in [3.63, 3.8) is 0 Å². The van der Waals surface area contributed by atoms with Gasteiger partial charge in [-0.25, -0.2) is 4.98 Å². The van der Waals surface area contributed by atoms with E-state index in [0.717, 1.165) is 42.6 Å². The van der Waals surface area contributed by atoms with Crippen LogP contribution in [-0.4, -0.2) is 65.4 Å². The van der Waals surface area contributed by atoms with E-state index in [1.54, 1.807) is 6.20 Å². The summed E-state index contributed by atoms with van der Waals surface area (Å²) in [5, 5.41) is 3.87. The molecule has 0 saturated carbocycles. The Hall–Kier alpha value is -2.61. The molecule has 1 N–H and O–H groups in total. The fourth-order valence-corrected chi connectivity index (χ4v) is 4.77. The van der Waals surface area contributed by atoms with Crippen molar-refractivity contribution in [2.24, 2.45) is 0 Å². The fourth-order valence-electron chi connectivity index (χ4n) is 3.82. The smallest absolute Gasteiger partial charge is 0.263 e. The molecule has 30 heavy (non-hydrogen) atoms. The molecule has 3 heterocycles. The zero-order chi connectivity index (χ0) is 20.9. The third-order valence-electron chi connectivity index (χ3n) is 5.45. The van der Waals surface area contributed by atoms with E-state index in [9.17, 15) is 4.79 Å². The van der Waals surface area contributed by atoms with Gasteiger partial charge in [0.25, 0.3) is 5.91 Å². The molecule has 1 aliphatic rings. The van der Waals surface area contributed by atoms with Crippen molar-refractivity contribution >= 4 is 17.2 Å². The maximum absolute atomic E-state index is 12.8. The van der Waals surface area contributed by atoms with Crippen LogP contribution in [0.5, 0.6) is 0 Å². The highest BCUT2D eigenvalue weighted by Crippen LogP contribution is 2.27. The molecule has 0 aliphatic carbocycles. The second kappa shape index (κ2) is 9.47. The minimum Gasteiger partial charge on any atom is -0.350 e. The number of likely N-dealkylation sites (N-methyl/N-ethyl adjacent to an activating group) is 1. The number of rotatable bonds is 6. The van der Waals surface area contributed by atoms with Crippen LogP contribution in [0.1, 0.15) is 27.0 Å². The van der Waals surface area contributed by atoms with Crippen LogP contribution in [0.4, 0.5) is 0 Å². The van der Waals surface area contributed by atoms with Crippen LogP contribution in [0.2, 0.25) is 0 Å². The summed E-state index contributed by atoms with van der Waals surface area (Å²) < 4.78 is 0. The average molecular weight is 422 g/mol. The van der Waals surface area contributed by atoms with Crippen LogP contribution in [0.3, 0.4) is 0 Å². The lowest BCUT2D eigenvalue weighted by molar-refractivity contribution is 0.0844. The van der Waals surface area contributed by atoms with E-state index in [-0.39, 0.29) is 5.91 Å². The van der Waals surface area contributed by atoms with E-state index in [0.29, 0.717) is 17.5 Å². The van der Waals surface area contributed by atoms with E-state index in [2.05, 4.69) is 62.5 Å². The summed E-state index contributed by atoms with van der Waals surface area (Å²) in [6, 6.07) is 16.7. The Labute approximate surface area is 181 Å². The van der Waals surface area contributed by atoms with Crippen LogP contribution in [-0.2, 0) is 0 Å². The second-order valence-corrected chi connectivity index (χ2v) is 8.63. The van der Waals surface area contributed by atoms with Crippen molar-refractivity contribution < 1.29 is 4.79 Å². The van der Waals surface area contributed by atoms with Crippen molar-refractivity contribution in [1.29, 1.82) is 0 Å². The lowest BCUT2D eigenvalue weighted by Crippen LogP contribution is -2.48. The zero-order valence-electron chi connectivity index (χ0n) is 17.4. The molecule has 0 radical (unpaired) electrons. The van der Waals surface area contributed by atoms with Gasteiger partial charge >= 0.3 is 0 Å². The van der Waals surface area contributed by atoms with Gasteiger partial charge in [-0.05, 0) is 31.7 Å². The number of amides is 1. The first-order chi connectivity index (χ1) is 14.6. The van der Waals surface area contributed by atoms with Crippen LogP contribution >= 0.6 is 11.3 Å². The van der Waals surface area contributed by atoms with Crippen molar-refractivity contribution in [2.45, 2.75) is 13.0 Å². The Morgan fingerprint density at radius 1 is 1.17 bits per heavy atom. The standard InChI is InChI=1S/C23H27N5OS/c1-17-21(30-23(26-17)19-10-6-7-11-24-19)22(29)25-12-13-28-15-14-27(2)16-20(28)18-8-4-3-5-9-18/h3-11,20H,12-16H2,1-2H3,(H,25,29)/t20-/m1/s1. The molecule has 1 aromatic carbocycles. The molecule has 1 fully saturated rings. The van der Waals surface area contributed by atoms with E-state index in [1.165, 1.54) is 16.9 Å². The van der Waals surface area contributed by atoms with Gasteiger partial charge in [0.2, 0.25) is 0 Å². The summed E-state index contributed by atoms with van der Waals surface area (Å²) in [5.41, 5.74) is 2.88. The third kappa shape index (κ3) is 4.75. The number of piperazine rings is 1. The second-order valence-electron chi connectivity index (χ2n) is 7.63. The van der Waals surface area contributed by atoms with Gasteiger partial charge in [0.15, 0.2) is 0 Å². The van der Waals surface area contributed by atoms with Gasteiger partial charge < -0.3 is 10.2 Å². The molecular weight excluding hydrogens is 394 g/mol. The summed E-state index contributed by atoms with van der Waals surface area (Å²) in [4.78, 5) is 27.1. The Bertz CT molecular complexity index is 976. The average Bonchev–Trinajstić information content (AvgIpc) is 3.17. The van der Waals surface area contributed by atoms with Gasteiger partial charge in [0, 0.05) is 45.0 Å². The molecule has 1 saturated heterocycles. The molecule has 1 aliphatic heterocycles. The number of pyridine rings is 1. The first kappa shape index (κ1) is 20.7. The predicted octanol–water partition coefficient (Wildman–Crippen LogP) is 3.23. The first-order valence-electron chi connectivity index (χ1n) is 10.3. The van der Waals surface area contributed by atoms with Crippen molar-refractivity contribution in [1.82, 2.24) is 25.1 Å². The Kier molecular flexibility index (Phi) is 6.52. The zero-order valence-corrected chi connectivity index (χ0v) is 18.2. The fraction of sp³-hybridized carbons (Fsp3) is 0.348. The third-order valence-corrected chi connectivity index (χ3v) is 6.63. The summed E-state index contributed by atoms with van der Waals surface area (Å²) in [6.45, 7) is 6.35. The molecule has 7 heteroatoms. The highest BCUT2D eigenvalue weighted by Gasteiger charge is 2.26. The van der Waals surface area contributed by atoms with Gasteiger partial charge in [-0.3, -0.25) is 14.7 Å². The number of aromatic nitrogens is 2. The topological polar surface area (TPSA) is 61.4 Å². The number of carbonyl (C=O) groups is 1. The first-order valence-corrected chi connectivity index (χ1v) is 11.1. The van der Waals surface area contributed by atoms with Gasteiger partial charge in [-0.15, -0.1) is 11.3 Å². The molecular formula is C23H27N5OS. The summed E-state index contributed by atoms with van der Waals surface area (Å²) in [6.07, 6.45) is 1.74. The summed E-state index contributed by atoms with van der Waals surface area (Å²) >= 11 is 1.40. The molecule has 2 aromatic heterocycles. The molecule has 1 amide bonds. The van der Waals surface area contributed by atoms with Gasteiger partial charge in [0.05, 0.1) is 11.4 Å². The number of hydrogen-bond acceptors (Lipinski definition) is 6. The maximum atomic E-state index is 12.8. The number of nitrogens with zero attached hydrogens (tertiary/aromatic N) is 4. The number of carbonyl (C=O) groups excluding carboxylic acids is 1. The molecule has 0 spiro atoms. The number of hydrogen-bond donors (Lipinski definition) is 1. The molecule has 156 valence electrons. The van der Waals surface area contributed by atoms with Gasteiger partial charge in [0.1, 0.15) is 9.88 Å². The Morgan fingerprint density at radius 2 is 1.97 bits per heavy atom. The van der Waals surface area contributed by atoms with Gasteiger partial charge in [-0.2, -0.15) is 0 Å². The molecule has 4 rings (SSSR count). The monoisotopic (exact) mass is 421 g/mol. The highest BCUT2D eigenvalue weighted by molar-refractivity contribution is 7.17. The molecule has 1 atom stereocenters. The largest absolute Gasteiger partial charge is 0.350 e. The van der Waals surface area contributed by atoms with Crippen LogP contribution in [0.25, 0.3) is 10.7 Å². The quantitative estimate of drug-likeness (QED) is 0.662. The molecule has 6 nitrogen and oxygen atoms in total. The van der Waals surface area contributed by atoms with Gasteiger partial charge in [-0.1, -0.05) is 36.4 Å². The predicted molar refractivity (Wildman–Crippen MR) is 121 cm³/mol. The SMILES string of the molecule is Cc1nc(-c2ccccn2)sc1C(=O)NCCN1CCN(C)C[C@@H]1c1ccccc1. The molecule has 0 unspecified atom stereocenters. The maximum Gasteiger partial charge on any atom is 0.263 e. The van der Waals surface area contributed by atoms with E-state index in [1.807, 2.05) is 25.1 Å². The van der Waals surface area contributed by atoms with Crippen LogP contribution in [0, 0.1) is 6.92 Å². The number of aryl methyl sites for hydroxylation is 1. The van der Waals surface area contributed by atoms with Crippen LogP contribution in [0.15, 0.2) is 54.7 Å². The summed E-state index contributed by atoms with van der Waals surface area (Å²) in [7, 11) is 2.17. The minimum atomic E-state index is -0.0578. The lowest BCUT2D eigenvalue weighted by Gasteiger charge is -2.40. The van der Waals surface area contributed by atoms with E-state index >= 15 is 0 Å². The van der Waals surface area contributed by atoms with E-state index < -0.39 is 0 Å². The number of benzene rings is 1. The highest BCUT2D eigenvalue weighted by atomic mass is 32.1. The molecule has 3 aromatic rings. The molecule has 0 bridgehead atoms. The van der Waals surface area contributed by atoms with E-state index in [4.69, 9.17) is 0 Å². The Balaban J connectivity index is 1.38. The van der Waals surface area contributed by atoms with Crippen molar-refractivity contribution in [2.75, 3.05) is 39.8 Å². The lowest BCUT2D eigenvalue weighted by atomic mass is 10.0. The number of thiazole rings is 1. The van der Waals surface area contributed by atoms with Crippen molar-refractivity contribution in [3.8, 4) is 10.7 Å². The normalized spacial score (nSPS) is 17.7. The van der Waals surface area contributed by atoms with Crippen molar-refractivity contribution in [3.05, 3.63) is 70.9 Å². The summed E-state index contributed by atoms with van der Waals surface area (Å²) in [5.74, 6) is -0.0578. The van der Waals surface area contributed by atoms with Crippen LogP contribution < -0.4 is 5.32 Å².